The van der Waals surface area contributed by atoms with Gasteiger partial charge in [-0.05, 0) is 104 Å². The van der Waals surface area contributed by atoms with E-state index in [0.29, 0.717) is 16.3 Å². The predicted molar refractivity (Wildman–Crippen MR) is 169 cm³/mol. The Kier molecular flexibility index (Phi) is 8.55. The molecule has 0 saturated heterocycles. The Morgan fingerprint density at radius 1 is 0.714 bits per heavy atom. The van der Waals surface area contributed by atoms with Gasteiger partial charge in [0, 0.05) is 17.7 Å². The molecule has 42 heavy (non-hydrogen) atoms. The summed E-state index contributed by atoms with van der Waals surface area (Å²) in [5, 5.41) is 2.81. The largest absolute Gasteiger partial charge is 0.444 e. The second kappa shape index (κ2) is 12.1. The van der Waals surface area contributed by atoms with Crippen molar-refractivity contribution in [1.82, 2.24) is 5.32 Å². The van der Waals surface area contributed by atoms with Crippen LogP contribution in [-0.2, 0) is 27.4 Å². The lowest BCUT2D eigenvalue weighted by Gasteiger charge is -2.19. The predicted octanol–water partition coefficient (Wildman–Crippen LogP) is 8.63. The Bertz CT molecular complexity index is 1720. The third kappa shape index (κ3) is 6.60. The van der Waals surface area contributed by atoms with Crippen molar-refractivity contribution in [2.24, 2.45) is 0 Å². The smallest absolute Gasteiger partial charge is 0.407 e. The second-order valence-corrected chi connectivity index (χ2v) is 13.8. The zero-order valence-electron chi connectivity index (χ0n) is 24.9. The maximum absolute atomic E-state index is 13.4. The van der Waals surface area contributed by atoms with Crippen molar-refractivity contribution >= 4 is 15.9 Å². The molecule has 0 radical (unpaired) electrons. The van der Waals surface area contributed by atoms with E-state index in [1.807, 2.05) is 57.2 Å². The number of amides is 1. The van der Waals surface area contributed by atoms with Gasteiger partial charge >= 0.3 is 6.09 Å². The Labute approximate surface area is 249 Å². The molecule has 5 nitrogen and oxygen atoms in total. The molecule has 1 heterocycles. The molecular formula is C36H39NO4S. The highest BCUT2D eigenvalue weighted by molar-refractivity contribution is 7.92. The van der Waals surface area contributed by atoms with Crippen molar-refractivity contribution in [3.05, 3.63) is 96.1 Å². The SMILES string of the molecule is CCCCc1cccc(-c2ccc3c(c2)-c2cc(-c4cccc(CCCNC(=O)OC(C)(C)C)c4)ccc2S3(=O)=O)c1. The van der Waals surface area contributed by atoms with E-state index in [-0.39, 0.29) is 0 Å². The number of nitrogens with one attached hydrogen (secondary N) is 1. The number of sulfone groups is 1. The fraction of sp³-hybridized carbons (Fsp3) is 0.306. The second-order valence-electron chi connectivity index (χ2n) is 12.0. The van der Waals surface area contributed by atoms with Gasteiger partial charge in [0.25, 0.3) is 0 Å². The molecule has 0 aromatic heterocycles. The van der Waals surface area contributed by atoms with Crippen LogP contribution >= 0.6 is 0 Å². The molecule has 6 heteroatoms. The number of carbonyl (C=O) groups excluding carboxylic acids is 1. The van der Waals surface area contributed by atoms with Gasteiger partial charge in [-0.1, -0.05) is 74.0 Å². The number of hydrogen-bond acceptors (Lipinski definition) is 4. The lowest BCUT2D eigenvalue weighted by molar-refractivity contribution is 0.0527. The zero-order chi connectivity index (χ0) is 29.9. The molecule has 0 unspecified atom stereocenters. The molecule has 0 saturated carbocycles. The van der Waals surface area contributed by atoms with E-state index >= 15 is 0 Å². The molecule has 4 aromatic carbocycles. The van der Waals surface area contributed by atoms with E-state index in [9.17, 15) is 13.2 Å². The third-order valence-corrected chi connectivity index (χ3v) is 9.35. The van der Waals surface area contributed by atoms with E-state index in [1.54, 1.807) is 12.1 Å². The molecule has 218 valence electrons. The first-order valence-electron chi connectivity index (χ1n) is 14.7. The highest BCUT2D eigenvalue weighted by Gasteiger charge is 2.33. The highest BCUT2D eigenvalue weighted by atomic mass is 32.2. The summed E-state index contributed by atoms with van der Waals surface area (Å²) < 4.78 is 32.2. The first-order chi connectivity index (χ1) is 20.0. The Balaban J connectivity index is 1.38. The maximum Gasteiger partial charge on any atom is 0.407 e. The minimum absolute atomic E-state index is 0.361. The molecule has 1 aliphatic heterocycles. The fourth-order valence-electron chi connectivity index (χ4n) is 5.42. The molecule has 1 N–H and O–H groups in total. The first-order valence-corrected chi connectivity index (χ1v) is 16.2. The topological polar surface area (TPSA) is 72.5 Å². The minimum Gasteiger partial charge on any atom is -0.444 e. The highest BCUT2D eigenvalue weighted by Crippen LogP contribution is 2.46. The fourth-order valence-corrected chi connectivity index (χ4v) is 7.07. The number of alkyl carbamates (subject to hydrolysis) is 1. The zero-order valence-corrected chi connectivity index (χ0v) is 25.7. The molecule has 0 aliphatic carbocycles. The van der Waals surface area contributed by atoms with Gasteiger partial charge in [0.05, 0.1) is 9.79 Å². The summed E-state index contributed by atoms with van der Waals surface area (Å²) in [5.41, 5.74) is 7.55. The number of unbranched alkanes of at least 4 members (excludes halogenated alkanes) is 1. The van der Waals surface area contributed by atoms with Crippen LogP contribution in [0.4, 0.5) is 4.79 Å². The lowest BCUT2D eigenvalue weighted by Crippen LogP contribution is -2.33. The van der Waals surface area contributed by atoms with Crippen molar-refractivity contribution in [1.29, 1.82) is 0 Å². The van der Waals surface area contributed by atoms with E-state index in [2.05, 4.69) is 48.6 Å². The summed E-state index contributed by atoms with van der Waals surface area (Å²) in [6.45, 7) is 8.25. The normalized spacial score (nSPS) is 13.3. The van der Waals surface area contributed by atoms with Gasteiger partial charge in [-0.2, -0.15) is 0 Å². The van der Waals surface area contributed by atoms with Crippen LogP contribution in [0.15, 0.2) is 94.7 Å². The third-order valence-electron chi connectivity index (χ3n) is 7.48. The molecule has 1 amide bonds. The maximum atomic E-state index is 13.4. The number of rotatable bonds is 9. The summed E-state index contributed by atoms with van der Waals surface area (Å²) >= 11 is 0. The van der Waals surface area contributed by atoms with Gasteiger partial charge in [0.2, 0.25) is 9.84 Å². The first kappa shape index (κ1) is 29.6. The van der Waals surface area contributed by atoms with Gasteiger partial charge in [-0.3, -0.25) is 0 Å². The van der Waals surface area contributed by atoms with Crippen LogP contribution in [-0.4, -0.2) is 26.7 Å². The van der Waals surface area contributed by atoms with Crippen molar-refractivity contribution in [3.8, 4) is 33.4 Å². The van der Waals surface area contributed by atoms with Crippen molar-refractivity contribution in [2.45, 2.75) is 75.2 Å². The minimum atomic E-state index is -3.57. The van der Waals surface area contributed by atoms with Crippen LogP contribution in [0.25, 0.3) is 33.4 Å². The van der Waals surface area contributed by atoms with E-state index in [4.69, 9.17) is 4.74 Å². The van der Waals surface area contributed by atoms with Crippen LogP contribution in [0, 0.1) is 0 Å². The Hall–Kier alpha value is -3.90. The van der Waals surface area contributed by atoms with Gasteiger partial charge in [-0.25, -0.2) is 13.2 Å². The summed E-state index contributed by atoms with van der Waals surface area (Å²) in [6, 6.07) is 28.2. The van der Waals surface area contributed by atoms with Crippen molar-refractivity contribution in [2.75, 3.05) is 6.54 Å². The van der Waals surface area contributed by atoms with Crippen LogP contribution < -0.4 is 5.32 Å². The Morgan fingerprint density at radius 3 is 1.71 bits per heavy atom. The van der Waals surface area contributed by atoms with Crippen LogP contribution in [0.2, 0.25) is 0 Å². The molecule has 0 fully saturated rings. The quantitative estimate of drug-likeness (QED) is 0.177. The number of fused-ring (bicyclic) bond motifs is 3. The lowest BCUT2D eigenvalue weighted by atomic mass is 9.94. The van der Waals surface area contributed by atoms with E-state index in [1.165, 1.54) is 5.56 Å². The van der Waals surface area contributed by atoms with Crippen molar-refractivity contribution in [3.63, 3.8) is 0 Å². The van der Waals surface area contributed by atoms with Crippen molar-refractivity contribution < 1.29 is 17.9 Å². The van der Waals surface area contributed by atoms with Gasteiger partial charge in [-0.15, -0.1) is 0 Å². The molecule has 5 rings (SSSR count). The van der Waals surface area contributed by atoms with Crippen LogP contribution in [0.3, 0.4) is 0 Å². The number of hydrogen-bond donors (Lipinski definition) is 1. The summed E-state index contributed by atoms with van der Waals surface area (Å²) in [4.78, 5) is 12.6. The molecule has 4 aromatic rings. The van der Waals surface area contributed by atoms with Crippen LogP contribution in [0.1, 0.15) is 58.1 Å². The van der Waals surface area contributed by atoms with Gasteiger partial charge < -0.3 is 10.1 Å². The number of benzene rings is 4. The average Bonchev–Trinajstić information content (AvgIpc) is 3.19. The van der Waals surface area contributed by atoms with Gasteiger partial charge in [0.15, 0.2) is 0 Å². The molecule has 0 atom stereocenters. The molecule has 0 bridgehead atoms. The summed E-state index contributed by atoms with van der Waals surface area (Å²) in [5.74, 6) is 0. The standard InChI is InChI=1S/C36H39NO4S/c1-5-6-10-25-11-7-14-27(21-25)29-16-18-33-31(23-29)32-24-30(17-19-34(32)42(33,39)40)28-15-8-12-26(22-28)13-9-20-37-35(38)41-36(2,3)4/h7-8,11-12,14-19,21-24H,5-6,9-10,13,20H2,1-4H3,(H,37,38). The molecular weight excluding hydrogens is 542 g/mol. The van der Waals surface area contributed by atoms with E-state index < -0.39 is 21.5 Å². The summed E-state index contributed by atoms with van der Waals surface area (Å²) in [7, 11) is -3.57. The molecule has 0 spiro atoms. The van der Waals surface area contributed by atoms with Crippen LogP contribution in [0.5, 0.6) is 0 Å². The van der Waals surface area contributed by atoms with E-state index in [0.717, 1.165) is 71.0 Å². The molecule has 1 aliphatic rings. The monoisotopic (exact) mass is 581 g/mol. The number of ether oxygens (including phenoxy) is 1. The number of aryl methyl sites for hydroxylation is 2. The summed E-state index contributed by atoms with van der Waals surface area (Å²) in [6.07, 6.45) is 4.50. The van der Waals surface area contributed by atoms with Gasteiger partial charge in [0.1, 0.15) is 5.60 Å². The Morgan fingerprint density at radius 2 is 1.21 bits per heavy atom. The average molecular weight is 582 g/mol. The number of carbonyl (C=O) groups is 1.